The number of hydrogen-bond donors (Lipinski definition) is 3. The van der Waals surface area contributed by atoms with E-state index in [0.717, 1.165) is 25.3 Å². The van der Waals surface area contributed by atoms with Crippen LogP contribution < -0.4 is 16.0 Å². The lowest BCUT2D eigenvalue weighted by Crippen LogP contribution is -2.39. The average Bonchev–Trinajstić information content (AvgIpc) is 2.60. The van der Waals surface area contributed by atoms with E-state index in [4.69, 9.17) is 4.74 Å². The van der Waals surface area contributed by atoms with E-state index in [1.54, 1.807) is 0 Å². The van der Waals surface area contributed by atoms with Crippen LogP contribution in [-0.2, 0) is 10.9 Å². The van der Waals surface area contributed by atoms with Gasteiger partial charge in [-0.2, -0.15) is 13.2 Å². The first-order chi connectivity index (χ1) is 12.8. The molecule has 0 saturated carbocycles. The minimum Gasteiger partial charge on any atom is -0.381 e. The van der Waals surface area contributed by atoms with Crippen LogP contribution in [0.4, 0.5) is 19.1 Å². The molecule has 0 bridgehead atoms. The van der Waals surface area contributed by atoms with Crippen LogP contribution in [0.3, 0.4) is 0 Å². The van der Waals surface area contributed by atoms with Crippen molar-refractivity contribution in [2.24, 2.45) is 10.9 Å². The van der Waals surface area contributed by atoms with Gasteiger partial charge < -0.3 is 20.7 Å². The summed E-state index contributed by atoms with van der Waals surface area (Å²) in [6.07, 6.45) is -2.58. The lowest BCUT2D eigenvalue weighted by molar-refractivity contribution is -0.141. The number of aliphatic imine (C=N–C) groups is 1. The number of guanidine groups is 1. The molecular formula is C17H30F3IN6O. The number of rotatable bonds is 11. The molecule has 1 aromatic rings. The molecule has 0 fully saturated rings. The molecule has 0 aliphatic heterocycles. The number of halogens is 4. The van der Waals surface area contributed by atoms with Crippen LogP contribution >= 0.6 is 24.0 Å². The zero-order valence-electron chi connectivity index (χ0n) is 16.5. The summed E-state index contributed by atoms with van der Waals surface area (Å²) in [5.41, 5.74) is -0.970. The Labute approximate surface area is 181 Å². The van der Waals surface area contributed by atoms with Gasteiger partial charge in [-0.1, -0.05) is 13.8 Å². The fraction of sp³-hybridized carbons (Fsp3) is 0.706. The Bertz CT molecular complexity index is 572. The van der Waals surface area contributed by atoms with Gasteiger partial charge in [0.25, 0.3) is 0 Å². The molecule has 28 heavy (non-hydrogen) atoms. The Kier molecular flexibility index (Phi) is 13.9. The van der Waals surface area contributed by atoms with Crippen LogP contribution in [-0.4, -0.2) is 55.3 Å². The third kappa shape index (κ3) is 12.2. The van der Waals surface area contributed by atoms with Crippen molar-refractivity contribution in [3.63, 3.8) is 0 Å². The van der Waals surface area contributed by atoms with Crippen molar-refractivity contribution in [2.45, 2.75) is 33.4 Å². The maximum atomic E-state index is 12.6. The number of aromatic nitrogens is 2. The normalized spacial score (nSPS) is 11.9. The molecule has 0 unspecified atom stereocenters. The summed E-state index contributed by atoms with van der Waals surface area (Å²) in [5.74, 6) is 1.10. The minimum atomic E-state index is -4.48. The maximum Gasteiger partial charge on any atom is 0.433 e. The number of alkyl halides is 3. The van der Waals surface area contributed by atoms with Crippen LogP contribution in [0.15, 0.2) is 17.3 Å². The second kappa shape index (κ2) is 14.6. The Morgan fingerprint density at radius 3 is 2.64 bits per heavy atom. The molecule has 0 aromatic carbocycles. The summed E-state index contributed by atoms with van der Waals surface area (Å²) in [4.78, 5) is 11.7. The Balaban J connectivity index is 0.00000729. The molecule has 0 aliphatic rings. The Morgan fingerprint density at radius 2 is 2.00 bits per heavy atom. The van der Waals surface area contributed by atoms with Crippen LogP contribution in [0.5, 0.6) is 0 Å². The topological polar surface area (TPSA) is 83.5 Å². The minimum absolute atomic E-state index is 0. The molecule has 1 rings (SSSR count). The molecule has 11 heteroatoms. The highest BCUT2D eigenvalue weighted by Gasteiger charge is 2.32. The highest BCUT2D eigenvalue weighted by atomic mass is 127. The van der Waals surface area contributed by atoms with Crippen molar-refractivity contribution >= 4 is 35.9 Å². The second-order valence-corrected chi connectivity index (χ2v) is 6.20. The Morgan fingerprint density at radius 1 is 1.25 bits per heavy atom. The molecule has 1 heterocycles. The van der Waals surface area contributed by atoms with E-state index in [-0.39, 0.29) is 29.9 Å². The van der Waals surface area contributed by atoms with Crippen molar-refractivity contribution in [3.05, 3.63) is 18.0 Å². The van der Waals surface area contributed by atoms with E-state index < -0.39 is 11.9 Å². The van der Waals surface area contributed by atoms with E-state index in [0.29, 0.717) is 44.7 Å². The summed E-state index contributed by atoms with van der Waals surface area (Å²) in [6, 6.07) is 0.838. The van der Waals surface area contributed by atoms with Gasteiger partial charge in [0.05, 0.1) is 0 Å². The fourth-order valence-corrected chi connectivity index (χ4v) is 1.98. The molecule has 0 atom stereocenters. The zero-order valence-corrected chi connectivity index (χ0v) is 18.8. The standard InChI is InChI=1S/C17H29F3N6O.HI/c1-4-21-15(22-7-5-11-27-12-13(2)3)24-9-10-25-16-23-8-6-14(26-16)17(18,19)20;/h6,8,13H,4-5,7,9-12H2,1-3H3,(H2,21,22,24)(H,23,25,26);1H. The quantitative estimate of drug-likeness (QED) is 0.181. The monoisotopic (exact) mass is 518 g/mol. The van der Waals surface area contributed by atoms with Gasteiger partial charge in [-0.3, -0.25) is 4.99 Å². The Hall–Kier alpha value is -1.37. The predicted octanol–water partition coefficient (Wildman–Crippen LogP) is 3.14. The third-order valence-electron chi connectivity index (χ3n) is 3.16. The van der Waals surface area contributed by atoms with Gasteiger partial charge in [-0.25, -0.2) is 9.97 Å². The first-order valence-electron chi connectivity index (χ1n) is 9.07. The largest absolute Gasteiger partial charge is 0.433 e. The van der Waals surface area contributed by atoms with Crippen LogP contribution in [0.1, 0.15) is 32.9 Å². The number of ether oxygens (including phenoxy) is 1. The lowest BCUT2D eigenvalue weighted by Gasteiger charge is -2.12. The number of nitrogens with one attached hydrogen (secondary N) is 3. The van der Waals surface area contributed by atoms with E-state index in [9.17, 15) is 13.2 Å². The summed E-state index contributed by atoms with van der Waals surface area (Å²) in [7, 11) is 0. The first-order valence-corrected chi connectivity index (χ1v) is 9.07. The zero-order chi connectivity index (χ0) is 20.1. The van der Waals surface area contributed by atoms with Gasteiger partial charge in [-0.15, -0.1) is 24.0 Å². The maximum absolute atomic E-state index is 12.6. The lowest BCUT2D eigenvalue weighted by atomic mass is 10.2. The van der Waals surface area contributed by atoms with E-state index in [2.05, 4.69) is 44.8 Å². The predicted molar refractivity (Wildman–Crippen MR) is 115 cm³/mol. The van der Waals surface area contributed by atoms with Crippen molar-refractivity contribution in [1.82, 2.24) is 20.6 Å². The second-order valence-electron chi connectivity index (χ2n) is 6.20. The molecule has 3 N–H and O–H groups in total. The molecule has 162 valence electrons. The highest BCUT2D eigenvalue weighted by Crippen LogP contribution is 2.27. The van der Waals surface area contributed by atoms with E-state index in [1.165, 1.54) is 0 Å². The van der Waals surface area contributed by atoms with Crippen molar-refractivity contribution in [1.29, 1.82) is 0 Å². The fourth-order valence-electron chi connectivity index (χ4n) is 1.98. The van der Waals surface area contributed by atoms with Gasteiger partial charge in [0.15, 0.2) is 5.96 Å². The van der Waals surface area contributed by atoms with E-state index in [1.807, 2.05) is 6.92 Å². The summed E-state index contributed by atoms with van der Waals surface area (Å²) < 4.78 is 43.4. The number of hydrogen-bond acceptors (Lipinski definition) is 5. The molecule has 0 amide bonds. The molecule has 1 aromatic heterocycles. The van der Waals surface area contributed by atoms with Crippen molar-refractivity contribution < 1.29 is 17.9 Å². The molecule has 7 nitrogen and oxygen atoms in total. The van der Waals surface area contributed by atoms with Crippen LogP contribution in [0, 0.1) is 5.92 Å². The van der Waals surface area contributed by atoms with Gasteiger partial charge in [0.2, 0.25) is 5.95 Å². The SMILES string of the molecule is CCNC(=NCCCOCC(C)C)NCCNc1nccc(C(F)(F)F)n1.I. The van der Waals surface area contributed by atoms with Crippen LogP contribution in [0.25, 0.3) is 0 Å². The van der Waals surface area contributed by atoms with Gasteiger partial charge in [0.1, 0.15) is 5.69 Å². The van der Waals surface area contributed by atoms with Crippen molar-refractivity contribution in [2.75, 3.05) is 44.7 Å². The van der Waals surface area contributed by atoms with E-state index >= 15 is 0 Å². The smallest absolute Gasteiger partial charge is 0.381 e. The summed E-state index contributed by atoms with van der Waals surface area (Å²) in [6.45, 7) is 9.70. The average molecular weight is 518 g/mol. The summed E-state index contributed by atoms with van der Waals surface area (Å²) >= 11 is 0. The molecule has 0 saturated heterocycles. The number of nitrogens with zero attached hydrogens (tertiary/aromatic N) is 3. The first kappa shape index (κ1) is 26.6. The molecule has 0 radical (unpaired) electrons. The summed E-state index contributed by atoms with van der Waals surface area (Å²) in [5, 5.41) is 8.97. The van der Waals surface area contributed by atoms with Gasteiger partial charge in [0, 0.05) is 45.6 Å². The third-order valence-corrected chi connectivity index (χ3v) is 3.16. The molecule has 0 spiro atoms. The molecule has 0 aliphatic carbocycles. The number of anilines is 1. The highest BCUT2D eigenvalue weighted by molar-refractivity contribution is 14.0. The van der Waals surface area contributed by atoms with Gasteiger partial charge in [-0.05, 0) is 25.3 Å². The van der Waals surface area contributed by atoms with Gasteiger partial charge >= 0.3 is 6.18 Å². The van der Waals surface area contributed by atoms with Crippen molar-refractivity contribution in [3.8, 4) is 0 Å². The molecular weight excluding hydrogens is 488 g/mol. The van der Waals surface area contributed by atoms with Crippen LogP contribution in [0.2, 0.25) is 0 Å².